The molecule has 0 amide bonds. The van der Waals surface area contributed by atoms with E-state index in [1.807, 2.05) is 18.2 Å². The zero-order valence-electron chi connectivity index (χ0n) is 22.1. The number of fused-ring (bicyclic) bond motifs is 3. The van der Waals surface area contributed by atoms with Crippen LogP contribution in [0.4, 0.5) is 0 Å². The van der Waals surface area contributed by atoms with Gasteiger partial charge >= 0.3 is 0 Å². The molecule has 0 bridgehead atoms. The van der Waals surface area contributed by atoms with Crippen LogP contribution in [0.5, 0.6) is 0 Å². The number of rotatable bonds is 4. The molecule has 0 fully saturated rings. The molecule has 7 aromatic rings. The number of hydrogen-bond donors (Lipinski definition) is 0. The van der Waals surface area contributed by atoms with Gasteiger partial charge in [-0.3, -0.25) is 0 Å². The number of aromatic nitrogens is 1. The molecule has 0 N–H and O–H groups in total. The first kappa shape index (κ1) is 24.2. The molecule has 190 valence electrons. The summed E-state index contributed by atoms with van der Waals surface area (Å²) in [6.07, 6.45) is 0. The van der Waals surface area contributed by atoms with Gasteiger partial charge in [-0.05, 0) is 76.3 Å². The molecule has 41 heavy (non-hydrogen) atoms. The molecule has 0 aliphatic carbocycles. The van der Waals surface area contributed by atoms with Crippen molar-refractivity contribution in [2.24, 2.45) is 0 Å². The van der Waals surface area contributed by atoms with E-state index in [2.05, 4.69) is 120 Å². The third-order valence-electron chi connectivity index (χ3n) is 7.66. The van der Waals surface area contributed by atoms with Crippen LogP contribution in [0.1, 0.15) is 11.1 Å². The SMILES string of the molecule is N#Cc1cccc(C#N)c1-c1ccc2c(c1)c1ccccc1n2-c1cc(-c2ccccc2)cc(-c2ccccc2)c1. The fourth-order valence-electron chi connectivity index (χ4n) is 5.79. The molecule has 0 unspecified atom stereocenters. The highest BCUT2D eigenvalue weighted by Gasteiger charge is 2.17. The van der Waals surface area contributed by atoms with Crippen molar-refractivity contribution in [3.05, 3.63) is 151 Å². The van der Waals surface area contributed by atoms with Gasteiger partial charge in [0.1, 0.15) is 0 Å². The Bertz CT molecular complexity index is 2070. The zero-order valence-corrected chi connectivity index (χ0v) is 22.1. The van der Waals surface area contributed by atoms with Crippen molar-refractivity contribution in [1.29, 1.82) is 10.5 Å². The summed E-state index contributed by atoms with van der Waals surface area (Å²) in [5.41, 5.74) is 10.4. The van der Waals surface area contributed by atoms with Crippen molar-refractivity contribution >= 4 is 21.8 Å². The minimum atomic E-state index is 0.496. The molecule has 0 spiro atoms. The second-order valence-electron chi connectivity index (χ2n) is 10.0. The largest absolute Gasteiger partial charge is 0.309 e. The van der Waals surface area contributed by atoms with Crippen LogP contribution in [0.2, 0.25) is 0 Å². The van der Waals surface area contributed by atoms with Crippen molar-refractivity contribution in [2.45, 2.75) is 0 Å². The fourth-order valence-corrected chi connectivity index (χ4v) is 5.79. The summed E-state index contributed by atoms with van der Waals surface area (Å²) < 4.78 is 2.31. The number of hydrogen-bond acceptors (Lipinski definition) is 2. The molecule has 0 aliphatic rings. The first-order valence-corrected chi connectivity index (χ1v) is 13.5. The van der Waals surface area contributed by atoms with Gasteiger partial charge in [-0.1, -0.05) is 91.0 Å². The molecule has 3 heteroatoms. The zero-order chi connectivity index (χ0) is 27.8. The monoisotopic (exact) mass is 521 g/mol. The molecule has 7 rings (SSSR count). The average Bonchev–Trinajstić information content (AvgIpc) is 3.38. The predicted octanol–water partition coefficient (Wildman–Crippen LogP) is 9.53. The normalized spacial score (nSPS) is 10.9. The molecule has 0 aliphatic heterocycles. The predicted molar refractivity (Wildman–Crippen MR) is 167 cm³/mol. The maximum absolute atomic E-state index is 9.81. The topological polar surface area (TPSA) is 52.5 Å². The van der Waals surface area contributed by atoms with E-state index >= 15 is 0 Å². The summed E-state index contributed by atoms with van der Waals surface area (Å²) in [4.78, 5) is 0. The third-order valence-corrected chi connectivity index (χ3v) is 7.66. The lowest BCUT2D eigenvalue weighted by molar-refractivity contribution is 1.18. The number of nitrogens with zero attached hydrogens (tertiary/aromatic N) is 3. The van der Waals surface area contributed by atoms with Gasteiger partial charge in [0.05, 0.1) is 34.3 Å². The highest BCUT2D eigenvalue weighted by molar-refractivity contribution is 6.10. The van der Waals surface area contributed by atoms with Crippen molar-refractivity contribution in [1.82, 2.24) is 4.57 Å². The molecule has 1 aromatic heterocycles. The summed E-state index contributed by atoms with van der Waals surface area (Å²) >= 11 is 0. The summed E-state index contributed by atoms with van der Waals surface area (Å²) in [6.45, 7) is 0. The van der Waals surface area contributed by atoms with Gasteiger partial charge in [0.2, 0.25) is 0 Å². The van der Waals surface area contributed by atoms with E-state index < -0.39 is 0 Å². The number of nitriles is 2. The van der Waals surface area contributed by atoms with Crippen molar-refractivity contribution in [3.63, 3.8) is 0 Å². The molecule has 0 saturated carbocycles. The van der Waals surface area contributed by atoms with E-state index in [4.69, 9.17) is 0 Å². The molecule has 0 atom stereocenters. The van der Waals surface area contributed by atoms with Gasteiger partial charge in [-0.2, -0.15) is 10.5 Å². The lowest BCUT2D eigenvalue weighted by atomic mass is 9.94. The molecule has 3 nitrogen and oxygen atoms in total. The van der Waals surface area contributed by atoms with E-state index in [9.17, 15) is 10.5 Å². The Labute approximate surface area is 238 Å². The van der Waals surface area contributed by atoms with Crippen LogP contribution in [-0.4, -0.2) is 4.57 Å². The second kappa shape index (κ2) is 10.0. The van der Waals surface area contributed by atoms with Crippen molar-refractivity contribution in [2.75, 3.05) is 0 Å². The van der Waals surface area contributed by atoms with Crippen LogP contribution in [0.3, 0.4) is 0 Å². The number of benzene rings is 6. The minimum absolute atomic E-state index is 0.496. The Kier molecular flexibility index (Phi) is 5.90. The smallest absolute Gasteiger partial charge is 0.0998 e. The van der Waals surface area contributed by atoms with Crippen LogP contribution in [-0.2, 0) is 0 Å². The van der Waals surface area contributed by atoms with Crippen LogP contribution < -0.4 is 0 Å². The lowest BCUT2D eigenvalue weighted by Gasteiger charge is -2.14. The van der Waals surface area contributed by atoms with Crippen LogP contribution in [0, 0.1) is 22.7 Å². The summed E-state index contributed by atoms with van der Waals surface area (Å²) in [7, 11) is 0. The molecule has 0 radical (unpaired) electrons. The van der Waals surface area contributed by atoms with Crippen LogP contribution >= 0.6 is 0 Å². The van der Waals surface area contributed by atoms with Gasteiger partial charge in [0.25, 0.3) is 0 Å². The maximum Gasteiger partial charge on any atom is 0.0998 e. The van der Waals surface area contributed by atoms with Crippen LogP contribution in [0.15, 0.2) is 140 Å². The Morgan fingerprint density at radius 3 is 1.59 bits per heavy atom. The van der Waals surface area contributed by atoms with Crippen molar-refractivity contribution < 1.29 is 0 Å². The van der Waals surface area contributed by atoms with Gasteiger partial charge in [0, 0.05) is 22.0 Å². The second-order valence-corrected chi connectivity index (χ2v) is 10.0. The highest BCUT2D eigenvalue weighted by Crippen LogP contribution is 2.38. The molecular formula is C38H23N3. The van der Waals surface area contributed by atoms with Gasteiger partial charge in [-0.15, -0.1) is 0 Å². The van der Waals surface area contributed by atoms with E-state index in [0.29, 0.717) is 16.7 Å². The highest BCUT2D eigenvalue weighted by atomic mass is 15.0. The van der Waals surface area contributed by atoms with E-state index in [1.165, 1.54) is 0 Å². The summed E-state index contributed by atoms with van der Waals surface area (Å²) in [5.74, 6) is 0. The number of para-hydroxylation sites is 1. The quantitative estimate of drug-likeness (QED) is 0.232. The first-order valence-electron chi connectivity index (χ1n) is 13.5. The molecule has 1 heterocycles. The van der Waals surface area contributed by atoms with Crippen LogP contribution in [0.25, 0.3) is 60.9 Å². The molecule has 6 aromatic carbocycles. The Balaban J connectivity index is 1.52. The maximum atomic E-state index is 9.81. The summed E-state index contributed by atoms with van der Waals surface area (Å²) in [5, 5.41) is 21.8. The van der Waals surface area contributed by atoms with Gasteiger partial charge < -0.3 is 4.57 Å². The summed E-state index contributed by atoms with van der Waals surface area (Å²) in [6, 6.07) is 52.2. The minimum Gasteiger partial charge on any atom is -0.309 e. The Hall–Kier alpha value is -5.90. The molecule has 0 saturated heterocycles. The third kappa shape index (κ3) is 4.14. The fraction of sp³-hybridized carbons (Fsp3) is 0. The standard InChI is InChI=1S/C38H23N3/c39-24-29-14-9-15-30(25-40)38(29)28-18-19-37-35(23-28)34-16-7-8-17-36(34)41(37)33-21-31(26-10-3-1-4-11-26)20-32(22-33)27-12-5-2-6-13-27/h1-23H. The van der Waals surface area contributed by atoms with Gasteiger partial charge in [0.15, 0.2) is 0 Å². The Morgan fingerprint density at radius 1 is 0.415 bits per heavy atom. The Morgan fingerprint density at radius 2 is 0.976 bits per heavy atom. The van der Waals surface area contributed by atoms with E-state index in [0.717, 1.165) is 55.3 Å². The lowest BCUT2D eigenvalue weighted by Crippen LogP contribution is -1.96. The average molecular weight is 522 g/mol. The first-order chi connectivity index (χ1) is 20.2. The van der Waals surface area contributed by atoms with E-state index in [-0.39, 0.29) is 0 Å². The molecular weight excluding hydrogens is 498 g/mol. The van der Waals surface area contributed by atoms with Crippen molar-refractivity contribution in [3.8, 4) is 51.2 Å². The van der Waals surface area contributed by atoms with Gasteiger partial charge in [-0.25, -0.2) is 0 Å². The van der Waals surface area contributed by atoms with E-state index in [1.54, 1.807) is 18.2 Å².